The number of nitrogens with zero attached hydrogens (tertiary/aromatic N) is 3. The van der Waals surface area contributed by atoms with Gasteiger partial charge >= 0.3 is 0 Å². The first kappa shape index (κ1) is 23.7. The van der Waals surface area contributed by atoms with Crippen molar-refractivity contribution in [2.75, 3.05) is 20.1 Å². The highest BCUT2D eigenvalue weighted by Crippen LogP contribution is 2.19. The Kier molecular flexibility index (Phi) is 8.17. The summed E-state index contributed by atoms with van der Waals surface area (Å²) >= 11 is 0. The smallest absolute Gasteiger partial charge is 0.253 e. The number of benzene rings is 2. The van der Waals surface area contributed by atoms with Gasteiger partial charge in [-0.2, -0.15) is 5.10 Å². The number of amides is 1. The highest BCUT2D eigenvalue weighted by molar-refractivity contribution is 5.94. The van der Waals surface area contributed by atoms with Crippen LogP contribution in [0.2, 0.25) is 0 Å². The lowest BCUT2D eigenvalue weighted by atomic mass is 10.1. The van der Waals surface area contributed by atoms with E-state index >= 15 is 0 Å². The zero-order valence-electron chi connectivity index (χ0n) is 19.4. The van der Waals surface area contributed by atoms with E-state index < -0.39 is 0 Å². The van der Waals surface area contributed by atoms with Gasteiger partial charge in [0, 0.05) is 43.0 Å². The first-order valence-corrected chi connectivity index (χ1v) is 11.3. The third-order valence-electron chi connectivity index (χ3n) is 5.76. The summed E-state index contributed by atoms with van der Waals surface area (Å²) in [4.78, 5) is 16.9. The van der Waals surface area contributed by atoms with Crippen molar-refractivity contribution in [1.82, 2.24) is 20.0 Å². The lowest BCUT2D eigenvalue weighted by molar-refractivity contribution is 0.0793. The highest BCUT2D eigenvalue weighted by atomic mass is 19.1. The zero-order chi connectivity index (χ0) is 23.1. The molecule has 0 saturated carbocycles. The van der Waals surface area contributed by atoms with Crippen LogP contribution in [0.15, 0.2) is 54.6 Å². The first-order chi connectivity index (χ1) is 15.4. The van der Waals surface area contributed by atoms with Gasteiger partial charge in [0.05, 0.1) is 5.69 Å². The van der Waals surface area contributed by atoms with Crippen molar-refractivity contribution in [1.29, 1.82) is 0 Å². The standard InChI is InChI=1S/C26H33FN4O/c1-5-31(19(2)3)18-20-11-13-21(14-12-20)26(32)30(4)15-7-10-24-17-25(29-28-24)22-8-6-9-23(27)16-22/h6,8-9,11-14,16-17,19H,5,7,10,15,18H2,1-4H3,(H,28,29). The van der Waals surface area contributed by atoms with Crippen LogP contribution in [0.3, 0.4) is 0 Å². The fourth-order valence-electron chi connectivity index (χ4n) is 3.76. The van der Waals surface area contributed by atoms with E-state index in [9.17, 15) is 9.18 Å². The molecule has 0 aliphatic heterocycles. The quantitative estimate of drug-likeness (QED) is 0.478. The van der Waals surface area contributed by atoms with Gasteiger partial charge in [-0.05, 0) is 69.1 Å². The van der Waals surface area contributed by atoms with E-state index in [1.165, 1.54) is 17.7 Å². The highest BCUT2D eigenvalue weighted by Gasteiger charge is 2.13. The molecule has 170 valence electrons. The van der Waals surface area contributed by atoms with E-state index in [1.807, 2.05) is 43.4 Å². The molecule has 0 radical (unpaired) electrons. The second-order valence-corrected chi connectivity index (χ2v) is 8.47. The molecule has 0 bridgehead atoms. The molecule has 0 atom stereocenters. The minimum atomic E-state index is -0.275. The van der Waals surface area contributed by atoms with Crippen molar-refractivity contribution in [3.05, 3.63) is 77.2 Å². The van der Waals surface area contributed by atoms with Gasteiger partial charge in [0.1, 0.15) is 5.82 Å². The molecular formula is C26H33FN4O. The fraction of sp³-hybridized carbons (Fsp3) is 0.385. The van der Waals surface area contributed by atoms with Crippen molar-refractivity contribution < 1.29 is 9.18 Å². The minimum absolute atomic E-state index is 0.0258. The van der Waals surface area contributed by atoms with Gasteiger partial charge in [0.2, 0.25) is 0 Å². The predicted octanol–water partition coefficient (Wildman–Crippen LogP) is 5.15. The molecule has 5 nitrogen and oxygen atoms in total. The van der Waals surface area contributed by atoms with Gasteiger partial charge in [-0.1, -0.05) is 31.2 Å². The van der Waals surface area contributed by atoms with E-state index in [1.54, 1.807) is 11.0 Å². The fourth-order valence-corrected chi connectivity index (χ4v) is 3.76. The second-order valence-electron chi connectivity index (χ2n) is 8.47. The number of H-pyrrole nitrogens is 1. The van der Waals surface area contributed by atoms with Crippen molar-refractivity contribution in [3.63, 3.8) is 0 Å². The van der Waals surface area contributed by atoms with E-state index in [2.05, 4.69) is 35.9 Å². The Morgan fingerprint density at radius 1 is 1.12 bits per heavy atom. The number of rotatable bonds is 10. The van der Waals surface area contributed by atoms with Crippen molar-refractivity contribution in [2.24, 2.45) is 0 Å². The number of aryl methyl sites for hydroxylation is 1. The Bertz CT molecular complexity index is 1010. The second kappa shape index (κ2) is 11.0. The minimum Gasteiger partial charge on any atom is -0.342 e. The maximum atomic E-state index is 13.4. The Morgan fingerprint density at radius 3 is 2.53 bits per heavy atom. The maximum Gasteiger partial charge on any atom is 0.253 e. The van der Waals surface area contributed by atoms with Crippen LogP contribution in [0.5, 0.6) is 0 Å². The van der Waals surface area contributed by atoms with Gasteiger partial charge in [-0.3, -0.25) is 14.8 Å². The SMILES string of the molecule is CCN(Cc1ccc(C(=O)N(C)CCCc2cc(-c3cccc(F)c3)n[nH]2)cc1)C(C)C. The van der Waals surface area contributed by atoms with Crippen LogP contribution in [0.25, 0.3) is 11.3 Å². The average molecular weight is 437 g/mol. The Balaban J connectivity index is 1.50. The van der Waals surface area contributed by atoms with Gasteiger partial charge in [0.25, 0.3) is 5.91 Å². The third kappa shape index (κ3) is 6.26. The number of hydrogen-bond acceptors (Lipinski definition) is 3. The maximum absolute atomic E-state index is 13.4. The molecule has 0 saturated heterocycles. The molecule has 0 aliphatic carbocycles. The van der Waals surface area contributed by atoms with Crippen LogP contribution in [-0.2, 0) is 13.0 Å². The molecule has 6 heteroatoms. The van der Waals surface area contributed by atoms with E-state index in [4.69, 9.17) is 0 Å². The van der Waals surface area contributed by atoms with Crippen LogP contribution in [-0.4, -0.2) is 52.1 Å². The summed E-state index contributed by atoms with van der Waals surface area (Å²) < 4.78 is 13.4. The lowest BCUT2D eigenvalue weighted by Gasteiger charge is -2.25. The summed E-state index contributed by atoms with van der Waals surface area (Å²) in [6.07, 6.45) is 1.58. The summed E-state index contributed by atoms with van der Waals surface area (Å²) in [5.41, 5.74) is 4.37. The van der Waals surface area contributed by atoms with Gasteiger partial charge in [-0.15, -0.1) is 0 Å². The molecule has 3 rings (SSSR count). The number of aromatic amines is 1. The van der Waals surface area contributed by atoms with Gasteiger partial charge in [0.15, 0.2) is 0 Å². The first-order valence-electron chi connectivity index (χ1n) is 11.3. The van der Waals surface area contributed by atoms with Crippen LogP contribution < -0.4 is 0 Å². The summed E-state index contributed by atoms with van der Waals surface area (Å²) in [7, 11) is 1.83. The van der Waals surface area contributed by atoms with Crippen LogP contribution in [0.4, 0.5) is 4.39 Å². The number of halogens is 1. The monoisotopic (exact) mass is 436 g/mol. The largest absolute Gasteiger partial charge is 0.342 e. The van der Waals surface area contributed by atoms with Gasteiger partial charge in [-0.25, -0.2) is 4.39 Å². The van der Waals surface area contributed by atoms with Gasteiger partial charge < -0.3 is 4.90 Å². The molecule has 1 N–H and O–H groups in total. The molecule has 0 unspecified atom stereocenters. The third-order valence-corrected chi connectivity index (χ3v) is 5.76. The molecule has 1 heterocycles. The molecule has 0 fully saturated rings. The average Bonchev–Trinajstić information content (AvgIpc) is 3.26. The van der Waals surface area contributed by atoms with Crippen molar-refractivity contribution in [3.8, 4) is 11.3 Å². The number of aromatic nitrogens is 2. The molecule has 3 aromatic rings. The van der Waals surface area contributed by atoms with Crippen molar-refractivity contribution in [2.45, 2.75) is 46.2 Å². The summed E-state index contributed by atoms with van der Waals surface area (Å²) in [6.45, 7) is 9.09. The molecule has 0 spiro atoms. The molecule has 32 heavy (non-hydrogen) atoms. The van der Waals surface area contributed by atoms with Crippen LogP contribution in [0, 0.1) is 5.82 Å². The number of nitrogens with one attached hydrogen (secondary N) is 1. The number of carbonyl (C=O) groups is 1. The zero-order valence-corrected chi connectivity index (χ0v) is 19.4. The molecule has 1 amide bonds. The van der Waals surface area contributed by atoms with E-state index in [0.29, 0.717) is 18.2 Å². The Labute approximate surface area is 190 Å². The summed E-state index contributed by atoms with van der Waals surface area (Å²) in [6, 6.07) is 16.8. The van der Waals surface area contributed by atoms with Crippen molar-refractivity contribution >= 4 is 5.91 Å². The molecule has 2 aromatic carbocycles. The van der Waals surface area contributed by atoms with Crippen LogP contribution in [0.1, 0.15) is 48.8 Å². The molecular weight excluding hydrogens is 403 g/mol. The summed E-state index contributed by atoms with van der Waals surface area (Å²) in [5.74, 6) is -0.249. The molecule has 1 aromatic heterocycles. The Morgan fingerprint density at radius 2 is 1.88 bits per heavy atom. The Hall–Kier alpha value is -2.99. The number of hydrogen-bond donors (Lipinski definition) is 1. The van der Waals surface area contributed by atoms with Crippen LogP contribution >= 0.6 is 0 Å². The lowest BCUT2D eigenvalue weighted by Crippen LogP contribution is -2.30. The normalized spacial score (nSPS) is 11.3. The number of carbonyl (C=O) groups excluding carboxylic acids is 1. The summed E-state index contributed by atoms with van der Waals surface area (Å²) in [5, 5.41) is 7.29. The van der Waals surface area contributed by atoms with E-state index in [0.717, 1.165) is 42.9 Å². The predicted molar refractivity (Wildman–Crippen MR) is 127 cm³/mol. The molecule has 0 aliphatic rings. The topological polar surface area (TPSA) is 52.2 Å². The van der Waals surface area contributed by atoms with E-state index in [-0.39, 0.29) is 11.7 Å².